The number of benzene rings is 1. The Bertz CT molecular complexity index is 688. The molecule has 3 rings (SSSR count). The van der Waals surface area contributed by atoms with E-state index in [1.165, 1.54) is 10.4 Å². The summed E-state index contributed by atoms with van der Waals surface area (Å²) in [5.41, 5.74) is 6.76. The van der Waals surface area contributed by atoms with Gasteiger partial charge in [0.05, 0.1) is 0 Å². The summed E-state index contributed by atoms with van der Waals surface area (Å²) in [6.07, 6.45) is 3.17. The van der Waals surface area contributed by atoms with E-state index in [2.05, 4.69) is 5.32 Å². The van der Waals surface area contributed by atoms with Crippen molar-refractivity contribution in [2.24, 2.45) is 5.92 Å². The second-order valence-corrected chi connectivity index (χ2v) is 9.03. The molecule has 0 aromatic heterocycles. The van der Waals surface area contributed by atoms with Gasteiger partial charge >= 0.3 is 0 Å². The van der Waals surface area contributed by atoms with Gasteiger partial charge < -0.3 is 11.1 Å². The van der Waals surface area contributed by atoms with E-state index >= 15 is 0 Å². The zero-order valence-electron chi connectivity index (χ0n) is 14.6. The monoisotopic (exact) mass is 370 g/mol. The first-order valence-electron chi connectivity index (χ1n) is 8.86. The molecule has 8 heteroatoms. The van der Waals surface area contributed by atoms with Gasteiger partial charge in [0.1, 0.15) is 5.82 Å². The molecule has 0 amide bonds. The van der Waals surface area contributed by atoms with Crippen molar-refractivity contribution >= 4 is 15.9 Å². The average molecular weight is 370 g/mol. The smallest absolute Gasteiger partial charge is 0.282 e. The van der Waals surface area contributed by atoms with Crippen molar-refractivity contribution in [3.8, 4) is 0 Å². The fraction of sp³-hybridized carbons (Fsp3) is 0.647. The van der Waals surface area contributed by atoms with Crippen LogP contribution in [0.5, 0.6) is 0 Å². The molecule has 1 saturated carbocycles. The fourth-order valence-electron chi connectivity index (χ4n) is 3.38. The van der Waals surface area contributed by atoms with Crippen molar-refractivity contribution in [2.45, 2.75) is 31.7 Å². The Labute approximate surface area is 149 Å². The molecular weight excluding hydrogens is 343 g/mol. The van der Waals surface area contributed by atoms with Crippen LogP contribution >= 0.6 is 0 Å². The van der Waals surface area contributed by atoms with Gasteiger partial charge in [0.25, 0.3) is 10.2 Å². The summed E-state index contributed by atoms with van der Waals surface area (Å²) in [5, 5.41) is 3.24. The van der Waals surface area contributed by atoms with Gasteiger partial charge in [-0.25, -0.2) is 4.39 Å². The van der Waals surface area contributed by atoms with Gasteiger partial charge in [-0.1, -0.05) is 6.07 Å². The number of hydrogen-bond acceptors (Lipinski definition) is 4. The molecule has 1 atom stereocenters. The van der Waals surface area contributed by atoms with Crippen LogP contribution in [-0.2, 0) is 16.6 Å². The maximum Gasteiger partial charge on any atom is 0.282 e. The lowest BCUT2D eigenvalue weighted by molar-refractivity contribution is 0.238. The quantitative estimate of drug-likeness (QED) is 0.707. The number of hydrogen-bond donors (Lipinski definition) is 2. The summed E-state index contributed by atoms with van der Waals surface area (Å²) < 4.78 is 42.9. The average Bonchev–Trinajstić information content (AvgIpc) is 3.38. The molecule has 1 unspecified atom stereocenters. The largest absolute Gasteiger partial charge is 0.398 e. The molecule has 1 aromatic rings. The highest BCUT2D eigenvalue weighted by Gasteiger charge is 2.37. The third-order valence-electron chi connectivity index (χ3n) is 5.08. The maximum absolute atomic E-state index is 14.0. The highest BCUT2D eigenvalue weighted by molar-refractivity contribution is 7.86. The molecule has 0 bridgehead atoms. The number of nitrogen functional groups attached to an aromatic ring is 1. The summed E-state index contributed by atoms with van der Waals surface area (Å²) in [6.45, 7) is 2.23. The van der Waals surface area contributed by atoms with E-state index in [1.807, 2.05) is 0 Å². The molecular formula is C17H27FN4O2S. The van der Waals surface area contributed by atoms with Gasteiger partial charge in [0.2, 0.25) is 0 Å². The van der Waals surface area contributed by atoms with Gasteiger partial charge in [-0.2, -0.15) is 17.0 Å². The minimum absolute atomic E-state index is 0.195. The molecule has 1 aliphatic heterocycles. The lowest BCUT2D eigenvalue weighted by atomic mass is 10.0. The Kier molecular flexibility index (Phi) is 5.62. The van der Waals surface area contributed by atoms with Crippen molar-refractivity contribution in [3.05, 3.63) is 29.6 Å². The second kappa shape index (κ2) is 7.57. The molecule has 1 saturated heterocycles. The van der Waals surface area contributed by atoms with E-state index < -0.39 is 10.2 Å². The van der Waals surface area contributed by atoms with Crippen molar-refractivity contribution < 1.29 is 12.8 Å². The molecule has 0 radical (unpaired) electrons. The van der Waals surface area contributed by atoms with E-state index in [4.69, 9.17) is 5.73 Å². The number of halogens is 1. The number of piperazine rings is 1. The second-order valence-electron chi connectivity index (χ2n) is 7.05. The van der Waals surface area contributed by atoms with Gasteiger partial charge in [0, 0.05) is 50.5 Å². The lowest BCUT2D eigenvalue weighted by Crippen LogP contribution is -2.57. The van der Waals surface area contributed by atoms with Crippen LogP contribution in [0.1, 0.15) is 24.8 Å². The number of rotatable bonds is 7. The van der Waals surface area contributed by atoms with Crippen molar-refractivity contribution in [1.29, 1.82) is 0 Å². The Balaban J connectivity index is 1.70. The lowest BCUT2D eigenvalue weighted by Gasteiger charge is -2.37. The zero-order valence-corrected chi connectivity index (χ0v) is 15.4. The van der Waals surface area contributed by atoms with Crippen LogP contribution in [0.3, 0.4) is 0 Å². The number of nitrogens with two attached hydrogens (primary N) is 1. The molecule has 2 aliphatic rings. The number of nitrogens with one attached hydrogen (secondary N) is 1. The molecule has 0 spiro atoms. The predicted molar refractivity (Wildman–Crippen MR) is 96.8 cm³/mol. The summed E-state index contributed by atoms with van der Waals surface area (Å²) in [7, 11) is -1.83. The molecule has 1 aromatic carbocycles. The Morgan fingerprint density at radius 2 is 2.16 bits per heavy atom. The Morgan fingerprint density at radius 3 is 2.84 bits per heavy atom. The molecule has 2 fully saturated rings. The molecule has 1 heterocycles. The zero-order chi connectivity index (χ0) is 18.0. The standard InChI is InChI=1S/C17H27FN4O2S/c1-21(12-13-5-6-13)25(23,24)22-10-9-20-11-14(22)7-8-15-16(18)3-2-4-17(15)19/h2-4,13-14,20H,5-12,19H2,1H3. The highest BCUT2D eigenvalue weighted by atomic mass is 32.2. The number of nitrogens with zero attached hydrogens (tertiary/aromatic N) is 2. The summed E-state index contributed by atoms with van der Waals surface area (Å²) in [4.78, 5) is 0. The van der Waals surface area contributed by atoms with Crippen LogP contribution in [0.2, 0.25) is 0 Å². The fourth-order valence-corrected chi connectivity index (χ4v) is 5.02. The highest BCUT2D eigenvalue weighted by Crippen LogP contribution is 2.31. The van der Waals surface area contributed by atoms with E-state index in [1.54, 1.807) is 23.5 Å². The van der Waals surface area contributed by atoms with Gasteiger partial charge in [-0.3, -0.25) is 0 Å². The van der Waals surface area contributed by atoms with Crippen LogP contribution in [0.4, 0.5) is 10.1 Å². The molecule has 6 nitrogen and oxygen atoms in total. The van der Waals surface area contributed by atoms with Crippen molar-refractivity contribution in [3.63, 3.8) is 0 Å². The molecule has 3 N–H and O–H groups in total. The third-order valence-corrected chi connectivity index (χ3v) is 7.09. The molecule has 25 heavy (non-hydrogen) atoms. The summed E-state index contributed by atoms with van der Waals surface area (Å²) in [5.74, 6) is 0.170. The van der Waals surface area contributed by atoms with E-state index in [-0.39, 0.29) is 11.9 Å². The van der Waals surface area contributed by atoms with E-state index in [0.29, 0.717) is 56.2 Å². The minimum atomic E-state index is -3.49. The predicted octanol–water partition coefficient (Wildman–Crippen LogP) is 1.20. The minimum Gasteiger partial charge on any atom is -0.398 e. The van der Waals surface area contributed by atoms with E-state index in [0.717, 1.165) is 12.8 Å². The maximum atomic E-state index is 14.0. The molecule has 1 aliphatic carbocycles. The topological polar surface area (TPSA) is 78.7 Å². The van der Waals surface area contributed by atoms with E-state index in [9.17, 15) is 12.8 Å². The normalized spacial score (nSPS) is 22.4. The van der Waals surface area contributed by atoms with Crippen LogP contribution in [0.15, 0.2) is 18.2 Å². The first-order chi connectivity index (χ1) is 11.9. The van der Waals surface area contributed by atoms with Gasteiger partial charge in [0.15, 0.2) is 0 Å². The van der Waals surface area contributed by atoms with Crippen LogP contribution < -0.4 is 11.1 Å². The van der Waals surface area contributed by atoms with Crippen LogP contribution in [0.25, 0.3) is 0 Å². The SMILES string of the molecule is CN(CC1CC1)S(=O)(=O)N1CCNCC1CCc1c(N)cccc1F. The molecule has 140 valence electrons. The van der Waals surface area contributed by atoms with Crippen molar-refractivity contribution in [1.82, 2.24) is 13.9 Å². The van der Waals surface area contributed by atoms with Crippen LogP contribution in [-0.4, -0.2) is 56.3 Å². The third kappa shape index (κ3) is 4.31. The van der Waals surface area contributed by atoms with Gasteiger partial charge in [-0.05, 0) is 43.7 Å². The Morgan fingerprint density at radius 1 is 1.40 bits per heavy atom. The number of anilines is 1. The van der Waals surface area contributed by atoms with Crippen molar-refractivity contribution in [2.75, 3.05) is 39.0 Å². The first-order valence-corrected chi connectivity index (χ1v) is 10.3. The van der Waals surface area contributed by atoms with Gasteiger partial charge in [-0.15, -0.1) is 0 Å². The van der Waals surface area contributed by atoms with Crippen LogP contribution in [0, 0.1) is 11.7 Å². The Hall–Kier alpha value is -1.22. The summed E-state index contributed by atoms with van der Waals surface area (Å²) >= 11 is 0. The first kappa shape index (κ1) is 18.6. The summed E-state index contributed by atoms with van der Waals surface area (Å²) in [6, 6.07) is 4.46.